The lowest BCUT2D eigenvalue weighted by Gasteiger charge is -2.43. The van der Waals surface area contributed by atoms with Crippen molar-refractivity contribution in [2.24, 2.45) is 7.05 Å². The molecule has 10 heteroatoms. The second kappa shape index (κ2) is 7.21. The van der Waals surface area contributed by atoms with E-state index >= 15 is 0 Å². The summed E-state index contributed by atoms with van der Waals surface area (Å²) in [7, 11) is 1.84. The fourth-order valence-electron chi connectivity index (χ4n) is 3.62. The van der Waals surface area contributed by atoms with E-state index in [2.05, 4.69) is 21.3 Å². The van der Waals surface area contributed by atoms with E-state index in [9.17, 15) is 10.5 Å². The second-order valence-corrected chi connectivity index (χ2v) is 8.42. The van der Waals surface area contributed by atoms with Crippen LogP contribution in [-0.2, 0) is 7.05 Å². The summed E-state index contributed by atoms with van der Waals surface area (Å²) in [5.74, 6) is 2.18. The van der Waals surface area contributed by atoms with Gasteiger partial charge in [0.05, 0.1) is 43.1 Å². The van der Waals surface area contributed by atoms with Gasteiger partial charge in [-0.2, -0.15) is 27.2 Å². The van der Waals surface area contributed by atoms with Crippen molar-refractivity contribution >= 4 is 23.1 Å². The van der Waals surface area contributed by atoms with Crippen molar-refractivity contribution in [2.45, 2.75) is 0 Å². The molecule has 0 unspecified atom stereocenters. The quantitative estimate of drug-likeness (QED) is 0.372. The Balaban J connectivity index is 1.64. The van der Waals surface area contributed by atoms with Crippen molar-refractivity contribution in [1.82, 2.24) is 34.0 Å². The van der Waals surface area contributed by atoms with Gasteiger partial charge in [0.25, 0.3) is 0 Å². The van der Waals surface area contributed by atoms with E-state index in [4.69, 9.17) is 4.98 Å². The molecule has 9 nitrogen and oxygen atoms in total. The lowest BCUT2D eigenvalue weighted by molar-refractivity contribution is 0.398. The summed E-state index contributed by atoms with van der Waals surface area (Å²) in [5, 5.41) is 31.1. The van der Waals surface area contributed by atoms with Gasteiger partial charge in [0, 0.05) is 48.1 Å². The van der Waals surface area contributed by atoms with Gasteiger partial charge in [-0.3, -0.25) is 4.68 Å². The number of pyridine rings is 1. The molecule has 1 saturated heterocycles. The summed E-state index contributed by atoms with van der Waals surface area (Å²) in [6, 6.07) is 5.80. The van der Waals surface area contributed by atoms with E-state index in [1.165, 1.54) is 6.20 Å². The molecule has 0 amide bonds. The Morgan fingerprint density at radius 3 is 2.60 bits per heavy atom. The molecular formula is C20H18N8OS. The second-order valence-electron chi connectivity index (χ2n) is 7.19. The van der Waals surface area contributed by atoms with Crippen molar-refractivity contribution < 1.29 is 0 Å². The molecule has 0 bridgehead atoms. The summed E-state index contributed by atoms with van der Waals surface area (Å²) in [6.07, 6.45) is 8.57. The Hall–Kier alpha value is -3.26. The molecule has 0 aromatic carbocycles. The zero-order valence-electron chi connectivity index (χ0n) is 16.3. The van der Waals surface area contributed by atoms with E-state index in [1.54, 1.807) is 45.6 Å². The van der Waals surface area contributed by atoms with Gasteiger partial charge in [-0.25, -0.2) is 14.5 Å². The molecule has 0 aliphatic carbocycles. The molecule has 30 heavy (non-hydrogen) atoms. The van der Waals surface area contributed by atoms with Crippen LogP contribution in [0.4, 0.5) is 5.82 Å². The molecule has 0 saturated carbocycles. The molecule has 150 valence electrons. The maximum Gasteiger partial charge on any atom is 0.227 e. The predicted octanol–water partition coefficient (Wildman–Crippen LogP) is 2.62. The zero-order valence-corrected chi connectivity index (χ0v) is 17.1. The Labute approximate surface area is 176 Å². The van der Waals surface area contributed by atoms with Crippen molar-refractivity contribution in [3.8, 4) is 28.6 Å². The van der Waals surface area contributed by atoms with E-state index in [0.29, 0.717) is 41.4 Å². The van der Waals surface area contributed by atoms with Gasteiger partial charge in [0.15, 0.2) is 0 Å². The average Bonchev–Trinajstić information content (AvgIpc) is 3.39. The van der Waals surface area contributed by atoms with Gasteiger partial charge in [-0.15, -0.1) is 0 Å². The average molecular weight is 418 g/mol. The number of fused-ring (bicyclic) bond motifs is 1. The Bertz CT molecular complexity index is 1260. The summed E-state index contributed by atoms with van der Waals surface area (Å²) in [5.41, 5.74) is 3.89. The molecule has 0 atom stereocenters. The lowest BCUT2D eigenvalue weighted by Crippen LogP contribution is -2.49. The molecule has 5 heterocycles. The summed E-state index contributed by atoms with van der Waals surface area (Å²) in [4.78, 5) is 9.29. The molecule has 0 N–H and O–H groups in total. The first-order valence-corrected chi connectivity index (χ1v) is 10.6. The lowest BCUT2D eigenvalue weighted by atomic mass is 10.1. The molecule has 1 aliphatic rings. The number of aromatic nitrogens is 6. The topological polar surface area (TPSA) is 108 Å². The number of thioether (sulfide) groups is 1. The first kappa shape index (κ1) is 18.7. The number of rotatable bonds is 3. The molecule has 1 aliphatic heterocycles. The largest absolute Gasteiger partial charge is 0.626 e. The van der Waals surface area contributed by atoms with Crippen LogP contribution in [0.3, 0.4) is 0 Å². The van der Waals surface area contributed by atoms with Crippen LogP contribution < -0.4 is 4.65 Å². The number of nitrogens with zero attached hydrogens (tertiary/aromatic N) is 8. The minimum Gasteiger partial charge on any atom is -0.626 e. The fourth-order valence-corrected chi connectivity index (χ4v) is 4.68. The highest BCUT2D eigenvalue weighted by Crippen LogP contribution is 2.31. The first-order valence-electron chi connectivity index (χ1n) is 9.48. The van der Waals surface area contributed by atoms with Crippen molar-refractivity contribution in [2.75, 3.05) is 24.6 Å². The fraction of sp³-hybridized carbons (Fsp3) is 0.250. The summed E-state index contributed by atoms with van der Waals surface area (Å²) < 4.78 is 2.96. The maximum atomic E-state index is 13.1. The third kappa shape index (κ3) is 3.13. The third-order valence-corrected chi connectivity index (χ3v) is 6.19. The van der Waals surface area contributed by atoms with E-state index in [1.807, 2.05) is 19.3 Å². The standard InChI is InChI=1S/C20H18N8OS/c1-26-12-16(11-23-26)17-13-27-20(15(8-21)10-24-27)19(25-17)14-2-3-18(22-9-14)28(29)4-6-30-7-5-28/h2-3,9-13H,4-7H2,1H3. The highest BCUT2D eigenvalue weighted by atomic mass is 32.2. The smallest absolute Gasteiger partial charge is 0.227 e. The van der Waals surface area contributed by atoms with Gasteiger partial charge in [0.1, 0.15) is 17.1 Å². The van der Waals surface area contributed by atoms with Gasteiger partial charge >= 0.3 is 0 Å². The zero-order chi connectivity index (χ0) is 20.7. The normalized spacial score (nSPS) is 15.9. The van der Waals surface area contributed by atoms with Crippen LogP contribution in [0, 0.1) is 16.5 Å². The Morgan fingerprint density at radius 1 is 1.10 bits per heavy atom. The van der Waals surface area contributed by atoms with E-state index in [0.717, 1.165) is 22.6 Å². The van der Waals surface area contributed by atoms with Gasteiger partial charge in [0.2, 0.25) is 5.82 Å². The van der Waals surface area contributed by atoms with Crippen LogP contribution in [0.25, 0.3) is 28.0 Å². The molecule has 0 spiro atoms. The molecular weight excluding hydrogens is 400 g/mol. The molecule has 4 aromatic rings. The van der Waals surface area contributed by atoms with Gasteiger partial charge < -0.3 is 9.85 Å². The first-order chi connectivity index (χ1) is 14.6. The highest BCUT2D eigenvalue weighted by Gasteiger charge is 2.25. The SMILES string of the molecule is Cn1cc(-c2cn3ncc(C#N)c3c(-c3ccc([N+]4([O-])CCSCC4)nc3)n2)cn1. The number of quaternary nitrogens is 1. The van der Waals surface area contributed by atoms with Crippen molar-refractivity contribution in [3.05, 3.63) is 53.9 Å². The summed E-state index contributed by atoms with van der Waals surface area (Å²) >= 11 is 1.80. The van der Waals surface area contributed by atoms with E-state index < -0.39 is 4.65 Å². The number of nitriles is 1. The molecule has 1 fully saturated rings. The van der Waals surface area contributed by atoms with E-state index in [-0.39, 0.29) is 0 Å². The third-order valence-electron chi connectivity index (χ3n) is 5.25. The molecule has 4 aromatic heterocycles. The monoisotopic (exact) mass is 418 g/mol. The number of hydroxylamine groups is 2. The van der Waals surface area contributed by atoms with Crippen molar-refractivity contribution in [1.29, 1.82) is 5.26 Å². The Kier molecular flexibility index (Phi) is 4.51. The van der Waals surface area contributed by atoms with Crippen LogP contribution >= 0.6 is 11.8 Å². The number of hydrogen-bond donors (Lipinski definition) is 0. The van der Waals surface area contributed by atoms with Crippen LogP contribution in [-0.4, -0.2) is 54.0 Å². The minimum atomic E-state index is -0.401. The van der Waals surface area contributed by atoms with Crippen LogP contribution in [0.5, 0.6) is 0 Å². The van der Waals surface area contributed by atoms with Gasteiger partial charge in [-0.1, -0.05) is 0 Å². The summed E-state index contributed by atoms with van der Waals surface area (Å²) in [6.45, 7) is 1.05. The Morgan fingerprint density at radius 2 is 1.93 bits per heavy atom. The van der Waals surface area contributed by atoms with Crippen LogP contribution in [0.15, 0.2) is 43.1 Å². The number of hydrogen-bond acceptors (Lipinski definition) is 7. The molecule has 5 rings (SSSR count). The molecule has 0 radical (unpaired) electrons. The van der Waals surface area contributed by atoms with Crippen LogP contribution in [0.2, 0.25) is 0 Å². The predicted molar refractivity (Wildman–Crippen MR) is 115 cm³/mol. The van der Waals surface area contributed by atoms with Crippen molar-refractivity contribution in [3.63, 3.8) is 0 Å². The minimum absolute atomic E-state index is 0.401. The highest BCUT2D eigenvalue weighted by molar-refractivity contribution is 7.99. The maximum absolute atomic E-state index is 13.1. The van der Waals surface area contributed by atoms with Crippen LogP contribution in [0.1, 0.15) is 5.56 Å². The van der Waals surface area contributed by atoms with Gasteiger partial charge in [-0.05, 0) is 6.07 Å². The number of aryl methyl sites for hydroxylation is 1.